The summed E-state index contributed by atoms with van der Waals surface area (Å²) < 4.78 is 75.7. The average Bonchev–Trinajstić information content (AvgIpc) is 3.77. The molecule has 0 aromatic heterocycles. The Morgan fingerprint density at radius 2 is 0.966 bits per heavy atom. The second kappa shape index (κ2) is 18.9. The first-order valence-electron chi connectivity index (χ1n) is 18.9. The van der Waals surface area contributed by atoms with Crippen LogP contribution in [0.15, 0.2) is 85.0 Å². The molecule has 6 rings (SSSR count). The predicted molar refractivity (Wildman–Crippen MR) is 230 cm³/mol. The number of halogens is 8. The van der Waals surface area contributed by atoms with E-state index in [4.69, 9.17) is 0 Å². The fraction of sp³-hybridized carbons (Fsp3) is 0.408. The molecule has 0 fully saturated rings. The van der Waals surface area contributed by atoms with Crippen LogP contribution in [0.25, 0.3) is 11.1 Å². The van der Waals surface area contributed by atoms with Crippen LogP contribution in [0.2, 0.25) is 0 Å². The van der Waals surface area contributed by atoms with Gasteiger partial charge in [-0.15, -0.1) is 47.9 Å². The average molecular weight is 1010 g/mol. The van der Waals surface area contributed by atoms with Crippen molar-refractivity contribution in [1.29, 1.82) is 0 Å². The number of allylic oxidation sites excluding steroid dienone is 4. The van der Waals surface area contributed by atoms with Gasteiger partial charge in [0.1, 0.15) is 0 Å². The standard InChI is InChI=1S/C29H41.C15H8F6.C5H5.2ClH.Hf/c1-26(2,3)22-14-18-13-19-15-23(27(4,5)6)25(29(10,11)12)17-21(19)20(18)16-24(22)28(7,8)9;16-14(17,18)12-5-1-10(2-6-12)9-11-3-7-13(8-4-11)15(19,20)21;1-2-4-5-3-1;;;/h14,16-17H,13H2,1-12H3;1-8H;1-3H,4H2;2*1H;/q-1;;-1;;;+2. The minimum atomic E-state index is -4.40. The molecule has 9 heteroatoms. The zero-order valence-electron chi connectivity index (χ0n) is 35.6. The zero-order valence-corrected chi connectivity index (χ0v) is 40.8. The third-order valence-electron chi connectivity index (χ3n) is 9.82. The second-order valence-electron chi connectivity index (χ2n) is 18.7. The maximum Gasteiger partial charge on any atom is -0.109 e. The van der Waals surface area contributed by atoms with Crippen LogP contribution in [0.3, 0.4) is 0 Å². The van der Waals surface area contributed by atoms with Gasteiger partial charge in [0.05, 0.1) is 0 Å². The van der Waals surface area contributed by atoms with Crippen LogP contribution in [0, 0.1) is 12.1 Å². The molecule has 0 nitrogen and oxygen atoms in total. The Morgan fingerprint density at radius 1 is 0.552 bits per heavy atom. The summed E-state index contributed by atoms with van der Waals surface area (Å²) in [6, 6.07) is 20.6. The maximum atomic E-state index is 12.5. The molecular weight excluding hydrogens is 952 g/mol. The molecule has 4 aromatic carbocycles. The number of hydrogen-bond donors (Lipinski definition) is 0. The monoisotopic (exact) mass is 1010 g/mol. The molecule has 0 heterocycles. The van der Waals surface area contributed by atoms with Crippen molar-refractivity contribution in [3.63, 3.8) is 0 Å². The van der Waals surface area contributed by atoms with Crippen molar-refractivity contribution in [2.75, 3.05) is 0 Å². The van der Waals surface area contributed by atoms with Crippen molar-refractivity contribution >= 4 is 28.1 Å². The normalized spacial score (nSPS) is 13.6. The van der Waals surface area contributed by atoms with Gasteiger partial charge in [0.25, 0.3) is 0 Å². The SMILES string of the molecule is CC(C)(C)c1[c-]c2c(cc1C(C)(C)C)-c1cc(C(C)(C)C)c(C(C)(C)C)cc1C2.Cl.Cl.FC(F)(F)c1ccc([C](=[Hf+2])c2ccc(C(F)(F)F)cc2)cc1.[C-]1=CC=CC1. The van der Waals surface area contributed by atoms with Crippen LogP contribution in [0.4, 0.5) is 26.3 Å². The molecule has 0 radical (unpaired) electrons. The topological polar surface area (TPSA) is 0 Å². The van der Waals surface area contributed by atoms with Crippen molar-refractivity contribution in [2.45, 2.75) is 130 Å². The molecule has 0 spiro atoms. The number of rotatable bonds is 2. The molecule has 0 atom stereocenters. The van der Waals surface area contributed by atoms with E-state index in [2.05, 4.69) is 120 Å². The van der Waals surface area contributed by atoms with Crippen LogP contribution in [0.5, 0.6) is 0 Å². The number of hydrogen-bond acceptors (Lipinski definition) is 0. The molecule has 2 aliphatic rings. The van der Waals surface area contributed by atoms with Crippen molar-refractivity contribution in [3.8, 4) is 11.1 Å². The Morgan fingerprint density at radius 3 is 1.29 bits per heavy atom. The molecule has 0 bridgehead atoms. The molecule has 312 valence electrons. The largest absolute Gasteiger partial charge is 0.273 e. The molecule has 0 N–H and O–H groups in total. The van der Waals surface area contributed by atoms with E-state index in [1.165, 1.54) is 68.8 Å². The van der Waals surface area contributed by atoms with Gasteiger partial charge in [-0.2, -0.15) is 23.8 Å². The van der Waals surface area contributed by atoms with Gasteiger partial charge in [-0.05, 0) is 39.4 Å². The summed E-state index contributed by atoms with van der Waals surface area (Å²) >= 11 is 0.493. The van der Waals surface area contributed by atoms with Gasteiger partial charge in [-0.1, -0.05) is 106 Å². The van der Waals surface area contributed by atoms with Crippen molar-refractivity contribution in [1.82, 2.24) is 0 Å². The van der Waals surface area contributed by atoms with E-state index in [1.54, 1.807) is 0 Å². The summed E-state index contributed by atoms with van der Waals surface area (Å²) in [7, 11) is 0. The van der Waals surface area contributed by atoms with E-state index < -0.39 is 23.5 Å². The Labute approximate surface area is 369 Å². The summed E-state index contributed by atoms with van der Waals surface area (Å²) in [5, 5.41) is 0. The van der Waals surface area contributed by atoms with Crippen LogP contribution in [0.1, 0.15) is 145 Å². The van der Waals surface area contributed by atoms with E-state index in [0.717, 1.165) is 40.4 Å². The van der Waals surface area contributed by atoms with E-state index in [9.17, 15) is 26.3 Å². The molecule has 2 aliphatic carbocycles. The molecule has 0 saturated heterocycles. The molecule has 58 heavy (non-hydrogen) atoms. The predicted octanol–water partition coefficient (Wildman–Crippen LogP) is 15.2. The quantitative estimate of drug-likeness (QED) is 0.0939. The third-order valence-corrected chi connectivity index (χ3v) is 11.9. The van der Waals surface area contributed by atoms with E-state index >= 15 is 0 Å². The Balaban J connectivity index is 0.000000354. The first kappa shape index (κ1) is 51.4. The van der Waals surface area contributed by atoms with E-state index in [1.807, 2.05) is 12.2 Å². The molecule has 0 aliphatic heterocycles. The summed E-state index contributed by atoms with van der Waals surface area (Å²) in [6.45, 7) is 28.0. The summed E-state index contributed by atoms with van der Waals surface area (Å²) in [6.07, 6.45) is 2.20. The van der Waals surface area contributed by atoms with Crippen LogP contribution in [-0.4, -0.2) is 3.26 Å². The van der Waals surface area contributed by atoms with Crippen molar-refractivity contribution in [2.24, 2.45) is 0 Å². The fourth-order valence-electron chi connectivity index (χ4n) is 6.78. The maximum absolute atomic E-state index is 12.5. The Hall–Kier alpha value is -2.74. The number of benzene rings is 4. The van der Waals surface area contributed by atoms with Gasteiger partial charge < -0.3 is 0 Å². The third kappa shape index (κ3) is 12.9. The molecular formula is C49H56Cl2F6Hf. The molecule has 0 amide bonds. The molecule has 0 saturated carbocycles. The van der Waals surface area contributed by atoms with Gasteiger partial charge in [-0.3, -0.25) is 6.08 Å². The van der Waals surface area contributed by atoms with E-state index in [-0.39, 0.29) is 46.5 Å². The van der Waals surface area contributed by atoms with Gasteiger partial charge in [0, 0.05) is 0 Å². The number of alkyl halides is 6. The minimum absolute atomic E-state index is 0. The Bertz CT molecular complexity index is 1940. The Kier molecular flexibility index (Phi) is 16.7. The molecule has 4 aromatic rings. The van der Waals surface area contributed by atoms with Crippen LogP contribution >= 0.6 is 24.8 Å². The van der Waals surface area contributed by atoms with Crippen LogP contribution in [-0.2, 0) is 64.3 Å². The van der Waals surface area contributed by atoms with Gasteiger partial charge >= 0.3 is 137 Å². The second-order valence-corrected chi connectivity index (χ2v) is 20.5. The van der Waals surface area contributed by atoms with Gasteiger partial charge in [-0.25, -0.2) is 12.2 Å². The zero-order chi connectivity index (χ0) is 42.2. The summed E-state index contributed by atoms with van der Waals surface area (Å²) in [5.74, 6) is 0. The fourth-order valence-corrected chi connectivity index (χ4v) is 7.98. The molecule has 0 unspecified atom stereocenters. The minimum Gasteiger partial charge on any atom is -0.273 e. The smallest absolute Gasteiger partial charge is 0.109 e. The first-order valence-corrected chi connectivity index (χ1v) is 20.7. The summed E-state index contributed by atoms with van der Waals surface area (Å²) in [5.41, 5.74) is 11.6. The number of fused-ring (bicyclic) bond motifs is 3. The van der Waals surface area contributed by atoms with Crippen LogP contribution < -0.4 is 0 Å². The summed E-state index contributed by atoms with van der Waals surface area (Å²) in [4.78, 5) is 0. The first-order chi connectivity index (χ1) is 25.5. The van der Waals surface area contributed by atoms with Gasteiger partial charge in [0.15, 0.2) is 0 Å². The van der Waals surface area contributed by atoms with Crippen molar-refractivity contribution in [3.05, 3.63) is 153 Å². The van der Waals surface area contributed by atoms with Crippen molar-refractivity contribution < 1.29 is 50.2 Å². The van der Waals surface area contributed by atoms with E-state index in [0.29, 0.717) is 35.0 Å². The van der Waals surface area contributed by atoms with Gasteiger partial charge in [0.2, 0.25) is 0 Å².